The number of aryl methyl sites for hydroxylation is 2. The molecule has 0 aromatic carbocycles. The van der Waals surface area contributed by atoms with E-state index in [1.54, 1.807) is 0 Å². The van der Waals surface area contributed by atoms with Gasteiger partial charge in [0.2, 0.25) is 0 Å². The van der Waals surface area contributed by atoms with Crippen molar-refractivity contribution in [3.63, 3.8) is 0 Å². The third-order valence-electron chi connectivity index (χ3n) is 2.50. The molecule has 0 atom stereocenters. The molecule has 18 heavy (non-hydrogen) atoms. The number of hydrogen-bond donors (Lipinski definition) is 2. The van der Waals surface area contributed by atoms with Crippen molar-refractivity contribution >= 4 is 29.9 Å². The maximum atomic E-state index is 5.12. The zero-order valence-corrected chi connectivity index (χ0v) is 13.9. The van der Waals surface area contributed by atoms with Crippen LogP contribution in [-0.2, 0) is 6.42 Å². The summed E-state index contributed by atoms with van der Waals surface area (Å²) in [5.74, 6) is 1.76. The molecule has 0 amide bonds. The smallest absolute Gasteiger partial charge is 0.191 e. The van der Waals surface area contributed by atoms with E-state index >= 15 is 0 Å². The number of halogens is 1. The standard InChI is InChI=1S/C12H22N4O.HI/c1-5-13-12(14-6-2)15-8-7-11-9(3)16-17-10(11)4;/h5-8H2,1-4H3,(H2,13,14,15);1H. The number of guanidine groups is 1. The second-order valence-electron chi connectivity index (χ2n) is 3.84. The van der Waals surface area contributed by atoms with Crippen molar-refractivity contribution in [2.45, 2.75) is 34.1 Å². The van der Waals surface area contributed by atoms with Crippen LogP contribution in [0.15, 0.2) is 9.52 Å². The average molecular weight is 366 g/mol. The van der Waals surface area contributed by atoms with Gasteiger partial charge in [-0.1, -0.05) is 5.16 Å². The van der Waals surface area contributed by atoms with Crippen molar-refractivity contribution in [1.29, 1.82) is 0 Å². The van der Waals surface area contributed by atoms with Crippen LogP contribution >= 0.6 is 24.0 Å². The molecular weight excluding hydrogens is 343 g/mol. The molecule has 0 saturated carbocycles. The topological polar surface area (TPSA) is 62.5 Å². The highest BCUT2D eigenvalue weighted by atomic mass is 127. The molecule has 0 aliphatic heterocycles. The highest BCUT2D eigenvalue weighted by Crippen LogP contribution is 2.12. The Morgan fingerprint density at radius 2 is 1.83 bits per heavy atom. The van der Waals surface area contributed by atoms with Gasteiger partial charge >= 0.3 is 0 Å². The van der Waals surface area contributed by atoms with Gasteiger partial charge in [0.25, 0.3) is 0 Å². The Morgan fingerprint density at radius 3 is 2.28 bits per heavy atom. The minimum Gasteiger partial charge on any atom is -0.361 e. The van der Waals surface area contributed by atoms with Gasteiger partial charge in [0.1, 0.15) is 5.76 Å². The zero-order chi connectivity index (χ0) is 12.7. The van der Waals surface area contributed by atoms with E-state index in [1.807, 2.05) is 13.8 Å². The quantitative estimate of drug-likeness (QED) is 0.476. The van der Waals surface area contributed by atoms with Gasteiger partial charge in [-0.15, -0.1) is 24.0 Å². The molecule has 0 bridgehead atoms. The first-order valence-electron chi connectivity index (χ1n) is 6.13. The first kappa shape index (κ1) is 17.2. The second kappa shape index (κ2) is 9.18. The molecule has 0 spiro atoms. The third-order valence-corrected chi connectivity index (χ3v) is 2.50. The Labute approximate surface area is 126 Å². The summed E-state index contributed by atoms with van der Waals surface area (Å²) in [6.45, 7) is 10.5. The third kappa shape index (κ3) is 5.24. The molecule has 1 aromatic rings. The van der Waals surface area contributed by atoms with Crippen molar-refractivity contribution in [2.24, 2.45) is 4.99 Å². The molecule has 2 N–H and O–H groups in total. The molecule has 0 aliphatic rings. The molecule has 5 nitrogen and oxygen atoms in total. The predicted molar refractivity (Wildman–Crippen MR) is 84.8 cm³/mol. The van der Waals surface area contributed by atoms with Gasteiger partial charge in [-0.25, -0.2) is 0 Å². The van der Waals surface area contributed by atoms with Gasteiger partial charge in [-0.05, 0) is 34.1 Å². The van der Waals surface area contributed by atoms with Gasteiger partial charge in [0.05, 0.1) is 5.69 Å². The zero-order valence-electron chi connectivity index (χ0n) is 11.5. The van der Waals surface area contributed by atoms with Crippen LogP contribution in [0.3, 0.4) is 0 Å². The Hall–Kier alpha value is -0.790. The van der Waals surface area contributed by atoms with E-state index in [0.717, 1.165) is 43.5 Å². The Balaban J connectivity index is 0.00000289. The van der Waals surface area contributed by atoms with Gasteiger partial charge in [0.15, 0.2) is 5.96 Å². The van der Waals surface area contributed by atoms with E-state index in [-0.39, 0.29) is 24.0 Å². The molecule has 0 fully saturated rings. The summed E-state index contributed by atoms with van der Waals surface area (Å²) in [6.07, 6.45) is 0.863. The van der Waals surface area contributed by atoms with Crippen LogP contribution in [0.5, 0.6) is 0 Å². The lowest BCUT2D eigenvalue weighted by Crippen LogP contribution is -2.37. The van der Waals surface area contributed by atoms with Crippen LogP contribution in [0, 0.1) is 13.8 Å². The van der Waals surface area contributed by atoms with Gasteiger partial charge in [-0.2, -0.15) is 0 Å². The summed E-state index contributed by atoms with van der Waals surface area (Å²) in [5.41, 5.74) is 2.13. The Morgan fingerprint density at radius 1 is 1.22 bits per heavy atom. The van der Waals surface area contributed by atoms with Crippen LogP contribution in [0.2, 0.25) is 0 Å². The van der Waals surface area contributed by atoms with Crippen molar-refractivity contribution in [1.82, 2.24) is 15.8 Å². The Kier molecular flexibility index (Phi) is 8.78. The number of nitrogens with one attached hydrogen (secondary N) is 2. The van der Waals surface area contributed by atoms with Crippen molar-refractivity contribution in [2.75, 3.05) is 19.6 Å². The molecule has 1 heterocycles. The lowest BCUT2D eigenvalue weighted by molar-refractivity contribution is 0.392. The Bertz CT molecular complexity index is 349. The monoisotopic (exact) mass is 366 g/mol. The SMILES string of the molecule is CCNC(=NCCc1c(C)noc1C)NCC.I. The van der Waals surface area contributed by atoms with Crippen molar-refractivity contribution < 1.29 is 4.52 Å². The maximum Gasteiger partial charge on any atom is 0.191 e. The molecule has 0 aliphatic carbocycles. The van der Waals surface area contributed by atoms with E-state index in [0.29, 0.717) is 0 Å². The molecule has 6 heteroatoms. The fourth-order valence-corrected chi connectivity index (χ4v) is 1.65. The van der Waals surface area contributed by atoms with Crippen molar-refractivity contribution in [3.8, 4) is 0 Å². The minimum absolute atomic E-state index is 0. The number of aliphatic imine (C=N–C) groups is 1. The van der Waals surface area contributed by atoms with Crippen LogP contribution in [0.25, 0.3) is 0 Å². The number of aromatic nitrogens is 1. The molecule has 0 saturated heterocycles. The number of hydrogen-bond acceptors (Lipinski definition) is 3. The van der Waals surface area contributed by atoms with E-state index in [4.69, 9.17) is 4.52 Å². The molecule has 1 rings (SSSR count). The lowest BCUT2D eigenvalue weighted by atomic mass is 10.1. The normalized spacial score (nSPS) is 9.56. The fourth-order valence-electron chi connectivity index (χ4n) is 1.65. The summed E-state index contributed by atoms with van der Waals surface area (Å²) in [6, 6.07) is 0. The first-order chi connectivity index (χ1) is 8.19. The summed E-state index contributed by atoms with van der Waals surface area (Å²) < 4.78 is 5.12. The molecule has 0 radical (unpaired) electrons. The number of rotatable bonds is 5. The summed E-state index contributed by atoms with van der Waals surface area (Å²) in [4.78, 5) is 4.49. The van der Waals surface area contributed by atoms with E-state index in [2.05, 4.69) is 34.6 Å². The highest BCUT2D eigenvalue weighted by Gasteiger charge is 2.07. The first-order valence-corrected chi connectivity index (χ1v) is 6.13. The molecular formula is C12H23IN4O. The maximum absolute atomic E-state index is 5.12. The van der Waals surface area contributed by atoms with Gasteiger partial charge in [0, 0.05) is 25.2 Å². The van der Waals surface area contributed by atoms with Crippen molar-refractivity contribution in [3.05, 3.63) is 17.0 Å². The predicted octanol–water partition coefficient (Wildman–Crippen LogP) is 2.03. The summed E-state index contributed by atoms with van der Waals surface area (Å²) >= 11 is 0. The van der Waals surface area contributed by atoms with E-state index < -0.39 is 0 Å². The van der Waals surface area contributed by atoms with E-state index in [9.17, 15) is 0 Å². The fraction of sp³-hybridized carbons (Fsp3) is 0.667. The van der Waals surface area contributed by atoms with Crippen LogP contribution < -0.4 is 10.6 Å². The largest absolute Gasteiger partial charge is 0.361 e. The summed E-state index contributed by atoms with van der Waals surface area (Å²) in [7, 11) is 0. The van der Waals surface area contributed by atoms with Crippen LogP contribution in [0.1, 0.15) is 30.9 Å². The van der Waals surface area contributed by atoms with Crippen LogP contribution in [0.4, 0.5) is 0 Å². The molecule has 104 valence electrons. The lowest BCUT2D eigenvalue weighted by Gasteiger charge is -2.08. The highest BCUT2D eigenvalue weighted by molar-refractivity contribution is 14.0. The summed E-state index contributed by atoms with van der Waals surface area (Å²) in [5, 5.41) is 10.3. The second-order valence-corrected chi connectivity index (χ2v) is 3.84. The number of nitrogens with zero attached hydrogens (tertiary/aromatic N) is 2. The van der Waals surface area contributed by atoms with Crippen LogP contribution in [-0.4, -0.2) is 30.8 Å². The van der Waals surface area contributed by atoms with E-state index in [1.165, 1.54) is 5.56 Å². The minimum atomic E-state index is 0. The average Bonchev–Trinajstić information content (AvgIpc) is 2.61. The molecule has 1 aromatic heterocycles. The van der Waals surface area contributed by atoms with Gasteiger partial charge in [-0.3, -0.25) is 4.99 Å². The molecule has 0 unspecified atom stereocenters. The van der Waals surface area contributed by atoms with Gasteiger partial charge < -0.3 is 15.2 Å².